The first-order valence-corrected chi connectivity index (χ1v) is 7.26. The van der Waals surface area contributed by atoms with Crippen LogP contribution in [-0.4, -0.2) is 20.9 Å². The van der Waals surface area contributed by atoms with Crippen molar-refractivity contribution in [2.75, 3.05) is 0 Å². The number of nitro benzene ring substituents is 1. The van der Waals surface area contributed by atoms with E-state index >= 15 is 0 Å². The van der Waals surface area contributed by atoms with Crippen LogP contribution in [0.3, 0.4) is 0 Å². The van der Waals surface area contributed by atoms with Crippen LogP contribution in [0.25, 0.3) is 0 Å². The topological polar surface area (TPSA) is 96.5 Å². The van der Waals surface area contributed by atoms with Gasteiger partial charge in [-0.25, -0.2) is 4.79 Å². The van der Waals surface area contributed by atoms with Crippen molar-refractivity contribution in [3.8, 4) is 5.75 Å². The van der Waals surface area contributed by atoms with E-state index in [-0.39, 0.29) is 18.0 Å². The lowest BCUT2D eigenvalue weighted by Gasteiger charge is -2.11. The number of nitro groups is 1. The summed E-state index contributed by atoms with van der Waals surface area (Å²) in [6, 6.07) is 7.12. The summed E-state index contributed by atoms with van der Waals surface area (Å²) in [5.74, 6) is 0.185. The molecule has 1 aromatic heterocycles. The predicted molar refractivity (Wildman–Crippen MR) is 79.1 cm³/mol. The van der Waals surface area contributed by atoms with Gasteiger partial charge in [0, 0.05) is 24.4 Å². The third-order valence-corrected chi connectivity index (χ3v) is 3.55. The molecule has 1 aliphatic rings. The Morgan fingerprint density at radius 1 is 1.30 bits per heavy atom. The molecule has 0 spiro atoms. The van der Waals surface area contributed by atoms with Crippen molar-refractivity contribution < 1.29 is 19.2 Å². The van der Waals surface area contributed by atoms with Crippen molar-refractivity contribution >= 4 is 11.8 Å². The molecule has 0 fully saturated rings. The molecule has 0 radical (unpaired) electrons. The first-order valence-electron chi connectivity index (χ1n) is 7.26. The summed E-state index contributed by atoms with van der Waals surface area (Å²) >= 11 is 0. The molecule has 0 saturated heterocycles. The van der Waals surface area contributed by atoms with Crippen molar-refractivity contribution in [3.63, 3.8) is 0 Å². The van der Waals surface area contributed by atoms with Crippen LogP contribution in [0.5, 0.6) is 5.75 Å². The maximum Gasteiger partial charge on any atom is 0.514 e. The molecule has 0 bridgehead atoms. The van der Waals surface area contributed by atoms with Crippen LogP contribution in [0.15, 0.2) is 30.3 Å². The quantitative estimate of drug-likeness (QED) is 0.372. The van der Waals surface area contributed by atoms with Gasteiger partial charge in [0.15, 0.2) is 0 Å². The molecule has 2 aromatic rings. The minimum atomic E-state index is -0.871. The number of hydrogen-bond donors (Lipinski definition) is 0. The molecule has 0 unspecified atom stereocenters. The zero-order chi connectivity index (χ0) is 16.2. The highest BCUT2D eigenvalue weighted by Gasteiger charge is 2.14. The van der Waals surface area contributed by atoms with Gasteiger partial charge in [-0.15, -0.1) is 0 Å². The van der Waals surface area contributed by atoms with Gasteiger partial charge in [-0.2, -0.15) is 5.10 Å². The monoisotopic (exact) mass is 317 g/mol. The molecule has 8 heteroatoms. The Balaban J connectivity index is 1.53. The van der Waals surface area contributed by atoms with E-state index in [1.165, 1.54) is 24.3 Å². The number of ether oxygens (including phenoxy) is 2. The maximum atomic E-state index is 11.6. The fraction of sp³-hybridized carbons (Fsp3) is 0.333. The summed E-state index contributed by atoms with van der Waals surface area (Å²) in [6.45, 7) is 0.925. The summed E-state index contributed by atoms with van der Waals surface area (Å²) < 4.78 is 11.9. The van der Waals surface area contributed by atoms with E-state index in [1.807, 2.05) is 10.7 Å². The molecule has 8 nitrogen and oxygen atoms in total. The van der Waals surface area contributed by atoms with Gasteiger partial charge in [0.05, 0.1) is 4.92 Å². The van der Waals surface area contributed by atoms with E-state index in [9.17, 15) is 14.9 Å². The molecular weight excluding hydrogens is 302 g/mol. The summed E-state index contributed by atoms with van der Waals surface area (Å²) in [7, 11) is 0. The zero-order valence-electron chi connectivity index (χ0n) is 12.3. The Labute approximate surface area is 131 Å². The van der Waals surface area contributed by atoms with Crippen LogP contribution in [0.2, 0.25) is 0 Å². The normalized spacial score (nSPS) is 13.2. The van der Waals surface area contributed by atoms with Crippen molar-refractivity contribution in [2.45, 2.75) is 32.4 Å². The van der Waals surface area contributed by atoms with E-state index in [2.05, 4.69) is 5.10 Å². The summed E-state index contributed by atoms with van der Waals surface area (Å²) in [5, 5.41) is 14.9. The van der Waals surface area contributed by atoms with Crippen LogP contribution >= 0.6 is 0 Å². The number of rotatable bonds is 4. The van der Waals surface area contributed by atoms with Crippen LogP contribution < -0.4 is 4.74 Å². The Morgan fingerprint density at radius 2 is 2.09 bits per heavy atom. The van der Waals surface area contributed by atoms with Crippen molar-refractivity contribution in [3.05, 3.63) is 51.8 Å². The number of carbonyl (C=O) groups is 1. The number of aryl methyl sites for hydroxylation is 2. The number of hydrogen-bond acceptors (Lipinski definition) is 6. The molecule has 1 aromatic carbocycles. The second-order valence-corrected chi connectivity index (χ2v) is 5.20. The van der Waals surface area contributed by atoms with Crippen LogP contribution in [0, 0.1) is 10.1 Å². The Kier molecular flexibility index (Phi) is 4.22. The Morgan fingerprint density at radius 3 is 2.78 bits per heavy atom. The van der Waals surface area contributed by atoms with E-state index in [4.69, 9.17) is 9.47 Å². The molecule has 3 rings (SSSR count). The number of carbonyl (C=O) groups excluding carboxylic acids is 1. The number of aromatic nitrogens is 2. The fourth-order valence-electron chi connectivity index (χ4n) is 2.44. The van der Waals surface area contributed by atoms with Gasteiger partial charge >= 0.3 is 6.16 Å². The van der Waals surface area contributed by atoms with Gasteiger partial charge in [-0.3, -0.25) is 14.8 Å². The van der Waals surface area contributed by atoms with Crippen molar-refractivity contribution in [2.24, 2.45) is 0 Å². The molecule has 0 aliphatic carbocycles. The molecule has 0 amide bonds. The Bertz CT molecular complexity index is 700. The fourth-order valence-corrected chi connectivity index (χ4v) is 2.44. The number of fused-ring (bicyclic) bond motifs is 1. The lowest BCUT2D eigenvalue weighted by Crippen LogP contribution is -2.12. The average molecular weight is 317 g/mol. The molecule has 0 N–H and O–H groups in total. The third kappa shape index (κ3) is 3.65. The van der Waals surface area contributed by atoms with Crippen LogP contribution in [0.4, 0.5) is 10.5 Å². The van der Waals surface area contributed by atoms with Crippen LogP contribution in [0.1, 0.15) is 24.2 Å². The number of nitrogens with zero attached hydrogens (tertiary/aromatic N) is 3. The zero-order valence-corrected chi connectivity index (χ0v) is 12.3. The molecule has 0 saturated carbocycles. The summed E-state index contributed by atoms with van der Waals surface area (Å²) in [6.07, 6.45) is 2.37. The molecule has 2 heterocycles. The van der Waals surface area contributed by atoms with E-state index < -0.39 is 11.1 Å². The predicted octanol–water partition coefficient (Wildman–Crippen LogP) is 2.84. The number of non-ortho nitro benzene ring substituents is 1. The standard InChI is InChI=1S/C15H15N3O5/c19-15(23-14-6-4-12(5-7-14)18(20)21)22-10-11-9-13-3-1-2-8-17(13)16-11/h4-7,9H,1-3,8,10H2. The molecular formula is C15H15N3O5. The van der Waals surface area contributed by atoms with E-state index in [1.54, 1.807) is 0 Å². The second kappa shape index (κ2) is 6.47. The minimum Gasteiger partial charge on any atom is -0.427 e. The highest BCUT2D eigenvalue weighted by atomic mass is 16.7. The van der Waals surface area contributed by atoms with Crippen LogP contribution in [-0.2, 0) is 24.3 Å². The first kappa shape index (κ1) is 15.0. The largest absolute Gasteiger partial charge is 0.514 e. The van der Waals surface area contributed by atoms with Gasteiger partial charge in [0.2, 0.25) is 0 Å². The maximum absolute atomic E-state index is 11.6. The van der Waals surface area contributed by atoms with Gasteiger partial charge < -0.3 is 9.47 Å². The SMILES string of the molecule is O=C(OCc1cc2n(n1)CCCC2)Oc1ccc([N+](=O)[O-])cc1. The van der Waals surface area contributed by atoms with Gasteiger partial charge in [-0.05, 0) is 37.5 Å². The van der Waals surface area contributed by atoms with Gasteiger partial charge in [0.1, 0.15) is 18.1 Å². The third-order valence-electron chi connectivity index (χ3n) is 3.55. The summed E-state index contributed by atoms with van der Waals surface area (Å²) in [5.41, 5.74) is 1.76. The van der Waals surface area contributed by atoms with E-state index in [0.717, 1.165) is 31.5 Å². The molecule has 23 heavy (non-hydrogen) atoms. The summed E-state index contributed by atoms with van der Waals surface area (Å²) in [4.78, 5) is 21.7. The first-order chi connectivity index (χ1) is 11.1. The van der Waals surface area contributed by atoms with E-state index in [0.29, 0.717) is 5.69 Å². The lowest BCUT2D eigenvalue weighted by atomic mass is 10.1. The van der Waals surface area contributed by atoms with Crippen molar-refractivity contribution in [1.29, 1.82) is 0 Å². The van der Waals surface area contributed by atoms with Gasteiger partial charge in [0.25, 0.3) is 5.69 Å². The highest BCUT2D eigenvalue weighted by Crippen LogP contribution is 2.18. The lowest BCUT2D eigenvalue weighted by molar-refractivity contribution is -0.384. The molecule has 1 aliphatic heterocycles. The molecule has 120 valence electrons. The Hall–Kier alpha value is -2.90. The average Bonchev–Trinajstić information content (AvgIpc) is 2.96. The number of benzene rings is 1. The second-order valence-electron chi connectivity index (χ2n) is 5.20. The smallest absolute Gasteiger partial charge is 0.427 e. The van der Waals surface area contributed by atoms with Crippen molar-refractivity contribution in [1.82, 2.24) is 9.78 Å². The van der Waals surface area contributed by atoms with Gasteiger partial charge in [-0.1, -0.05) is 0 Å². The highest BCUT2D eigenvalue weighted by molar-refractivity contribution is 5.64. The molecule has 0 atom stereocenters. The minimum absolute atomic E-state index is 0.0335.